The van der Waals surface area contributed by atoms with Gasteiger partial charge in [-0.05, 0) is 37.1 Å². The predicted octanol–water partition coefficient (Wildman–Crippen LogP) is 1.98. The van der Waals surface area contributed by atoms with E-state index in [9.17, 15) is 0 Å². The molecule has 132 valence electrons. The second kappa shape index (κ2) is 11.8. The summed E-state index contributed by atoms with van der Waals surface area (Å²) in [5.41, 5.74) is 1.11. The third-order valence-electron chi connectivity index (χ3n) is 3.19. The summed E-state index contributed by atoms with van der Waals surface area (Å²) < 4.78 is 7.05. The van der Waals surface area contributed by atoms with Gasteiger partial charge in [0.05, 0.1) is 0 Å². The molecule has 2 aromatic rings. The van der Waals surface area contributed by atoms with Gasteiger partial charge in [-0.15, -0.1) is 24.0 Å². The van der Waals surface area contributed by atoms with E-state index in [-0.39, 0.29) is 24.0 Å². The monoisotopic (exact) mass is 444 g/mol. The van der Waals surface area contributed by atoms with Crippen LogP contribution in [0.3, 0.4) is 0 Å². The minimum Gasteiger partial charge on any atom is -0.382 e. The predicted molar refractivity (Wildman–Crippen MR) is 106 cm³/mol. The lowest BCUT2D eigenvalue weighted by Gasteiger charge is -2.12. The maximum Gasteiger partial charge on any atom is 0.191 e. The van der Waals surface area contributed by atoms with Crippen LogP contribution in [0.2, 0.25) is 0 Å². The third kappa shape index (κ3) is 6.83. The Labute approximate surface area is 159 Å². The van der Waals surface area contributed by atoms with Crippen LogP contribution in [0.4, 0.5) is 0 Å². The maximum atomic E-state index is 5.31. The number of guanidine groups is 1. The van der Waals surface area contributed by atoms with Crippen molar-refractivity contribution < 1.29 is 4.74 Å². The Hall–Kier alpha value is -1.68. The van der Waals surface area contributed by atoms with Crippen molar-refractivity contribution in [3.8, 4) is 5.82 Å². The van der Waals surface area contributed by atoms with Crippen molar-refractivity contribution >= 4 is 29.9 Å². The molecule has 0 amide bonds. The molecule has 24 heavy (non-hydrogen) atoms. The fourth-order valence-corrected chi connectivity index (χ4v) is 2.03. The van der Waals surface area contributed by atoms with Crippen LogP contribution in [0.1, 0.15) is 18.9 Å². The first-order valence-corrected chi connectivity index (χ1v) is 7.80. The molecule has 0 aliphatic carbocycles. The fourth-order valence-electron chi connectivity index (χ4n) is 2.03. The van der Waals surface area contributed by atoms with Crippen LogP contribution in [0.15, 0.2) is 41.8 Å². The number of aliphatic imine (C=N–C) groups is 1. The van der Waals surface area contributed by atoms with Crippen molar-refractivity contribution in [3.63, 3.8) is 0 Å². The maximum absolute atomic E-state index is 5.31. The molecule has 0 saturated carbocycles. The topological polar surface area (TPSA) is 76.4 Å². The molecular weight excluding hydrogens is 419 g/mol. The van der Waals surface area contributed by atoms with Crippen LogP contribution in [-0.4, -0.2) is 47.5 Å². The molecule has 7 nitrogen and oxygen atoms in total. The minimum absolute atomic E-state index is 0. The van der Waals surface area contributed by atoms with Gasteiger partial charge in [0.15, 0.2) is 11.8 Å². The normalized spacial score (nSPS) is 11.0. The van der Waals surface area contributed by atoms with Crippen LogP contribution < -0.4 is 10.6 Å². The van der Waals surface area contributed by atoms with E-state index in [1.165, 1.54) is 0 Å². The van der Waals surface area contributed by atoms with Crippen LogP contribution in [0.5, 0.6) is 0 Å². The lowest BCUT2D eigenvalue weighted by atomic mass is 10.2. The Balaban J connectivity index is 0.00000288. The van der Waals surface area contributed by atoms with Crippen molar-refractivity contribution in [2.24, 2.45) is 4.99 Å². The molecule has 2 aromatic heterocycles. The average molecular weight is 444 g/mol. The fraction of sp³-hybridized carbons (Fsp3) is 0.438. The van der Waals surface area contributed by atoms with Crippen molar-refractivity contribution in [2.75, 3.05) is 26.8 Å². The molecule has 0 aliphatic rings. The van der Waals surface area contributed by atoms with E-state index in [1.54, 1.807) is 24.1 Å². The molecule has 2 N–H and O–H groups in total. The van der Waals surface area contributed by atoms with Crippen LogP contribution >= 0.6 is 24.0 Å². The van der Waals surface area contributed by atoms with Crippen molar-refractivity contribution in [2.45, 2.75) is 19.9 Å². The molecule has 0 bridgehead atoms. The van der Waals surface area contributed by atoms with Gasteiger partial charge in [0.2, 0.25) is 0 Å². The summed E-state index contributed by atoms with van der Waals surface area (Å²) in [6.45, 7) is 5.02. The molecule has 0 unspecified atom stereocenters. The smallest absolute Gasteiger partial charge is 0.191 e. The van der Waals surface area contributed by atoms with Gasteiger partial charge in [-0.25, -0.2) is 9.67 Å². The lowest BCUT2D eigenvalue weighted by Crippen LogP contribution is -2.37. The number of hydrogen-bond donors (Lipinski definition) is 2. The molecule has 0 spiro atoms. The average Bonchev–Trinajstić information content (AvgIpc) is 3.12. The standard InChI is InChI=1S/C16H24N6O.HI/c1-3-23-11-5-7-19-16(17-2)20-13-14-6-9-18-15(12-14)22-10-4-8-21-22;/h4,6,8-10,12H,3,5,7,11,13H2,1-2H3,(H2,17,19,20);1H. The van der Waals surface area contributed by atoms with Gasteiger partial charge in [0.25, 0.3) is 0 Å². The van der Waals surface area contributed by atoms with Crippen molar-refractivity contribution in [1.82, 2.24) is 25.4 Å². The Kier molecular flexibility index (Phi) is 10.0. The highest BCUT2D eigenvalue weighted by Gasteiger charge is 2.02. The van der Waals surface area contributed by atoms with Gasteiger partial charge in [0, 0.05) is 51.9 Å². The lowest BCUT2D eigenvalue weighted by molar-refractivity contribution is 0.145. The second-order valence-electron chi connectivity index (χ2n) is 4.88. The number of aromatic nitrogens is 3. The summed E-state index contributed by atoms with van der Waals surface area (Å²) in [4.78, 5) is 8.53. The van der Waals surface area contributed by atoms with E-state index in [1.807, 2.05) is 31.3 Å². The molecular formula is C16H25IN6O. The number of rotatable bonds is 8. The molecule has 0 atom stereocenters. The van der Waals surface area contributed by atoms with Crippen LogP contribution in [-0.2, 0) is 11.3 Å². The van der Waals surface area contributed by atoms with Gasteiger partial charge >= 0.3 is 0 Å². The van der Waals surface area contributed by atoms with Gasteiger partial charge in [-0.1, -0.05) is 0 Å². The zero-order chi connectivity index (χ0) is 16.3. The number of nitrogens with zero attached hydrogens (tertiary/aromatic N) is 4. The summed E-state index contributed by atoms with van der Waals surface area (Å²) in [7, 11) is 1.76. The Morgan fingerprint density at radius 3 is 2.92 bits per heavy atom. The third-order valence-corrected chi connectivity index (χ3v) is 3.19. The van der Waals surface area contributed by atoms with Crippen LogP contribution in [0.25, 0.3) is 5.82 Å². The molecule has 2 heterocycles. The van der Waals surface area contributed by atoms with E-state index in [0.29, 0.717) is 6.54 Å². The van der Waals surface area contributed by atoms with Crippen LogP contribution in [0, 0.1) is 0 Å². The van der Waals surface area contributed by atoms with Gasteiger partial charge in [0.1, 0.15) is 0 Å². The Morgan fingerprint density at radius 1 is 1.33 bits per heavy atom. The number of halogens is 1. The number of hydrogen-bond acceptors (Lipinski definition) is 4. The number of ether oxygens (including phenoxy) is 1. The highest BCUT2D eigenvalue weighted by Crippen LogP contribution is 2.05. The first-order valence-electron chi connectivity index (χ1n) is 7.80. The largest absolute Gasteiger partial charge is 0.382 e. The molecule has 2 rings (SSSR count). The van der Waals surface area contributed by atoms with E-state index in [2.05, 4.69) is 25.7 Å². The highest BCUT2D eigenvalue weighted by atomic mass is 127. The second-order valence-corrected chi connectivity index (χ2v) is 4.88. The number of nitrogens with one attached hydrogen (secondary N) is 2. The van der Waals surface area contributed by atoms with Gasteiger partial charge in [-0.2, -0.15) is 5.10 Å². The summed E-state index contributed by atoms with van der Waals surface area (Å²) >= 11 is 0. The van der Waals surface area contributed by atoms with Crippen molar-refractivity contribution in [1.29, 1.82) is 0 Å². The summed E-state index contributed by atoms with van der Waals surface area (Å²) in [5.74, 6) is 1.58. The molecule has 8 heteroatoms. The zero-order valence-corrected chi connectivity index (χ0v) is 16.4. The van der Waals surface area contributed by atoms with Gasteiger partial charge in [-0.3, -0.25) is 4.99 Å². The summed E-state index contributed by atoms with van der Waals surface area (Å²) in [5, 5.41) is 10.7. The molecule has 0 aromatic carbocycles. The summed E-state index contributed by atoms with van der Waals surface area (Å²) in [6, 6.07) is 5.85. The molecule has 0 radical (unpaired) electrons. The van der Waals surface area contributed by atoms with E-state index in [0.717, 1.165) is 43.5 Å². The zero-order valence-electron chi connectivity index (χ0n) is 14.1. The van der Waals surface area contributed by atoms with E-state index < -0.39 is 0 Å². The van der Waals surface area contributed by atoms with Crippen molar-refractivity contribution in [3.05, 3.63) is 42.4 Å². The molecule has 0 fully saturated rings. The Morgan fingerprint density at radius 2 is 2.21 bits per heavy atom. The SMILES string of the molecule is CCOCCCNC(=NC)NCc1ccnc(-n2cccn2)c1.I. The number of pyridine rings is 1. The first kappa shape index (κ1) is 20.4. The quantitative estimate of drug-likeness (QED) is 0.282. The summed E-state index contributed by atoms with van der Waals surface area (Å²) in [6.07, 6.45) is 6.35. The highest BCUT2D eigenvalue weighted by molar-refractivity contribution is 14.0. The van der Waals surface area contributed by atoms with E-state index in [4.69, 9.17) is 4.74 Å². The Bertz CT molecular complexity index is 602. The molecule has 0 saturated heterocycles. The molecule has 0 aliphatic heterocycles. The first-order chi connectivity index (χ1) is 11.3. The van der Waals surface area contributed by atoms with Gasteiger partial charge < -0.3 is 15.4 Å². The van der Waals surface area contributed by atoms with E-state index >= 15 is 0 Å². The minimum atomic E-state index is 0.